The molecule has 1 aromatic heterocycles. The van der Waals surface area contributed by atoms with Crippen LogP contribution >= 0.6 is 0 Å². The number of likely N-dealkylation sites (N-methyl/N-ethyl adjacent to an activating group) is 1. The summed E-state index contributed by atoms with van der Waals surface area (Å²) >= 11 is 0. The molecule has 1 aliphatic rings. The van der Waals surface area contributed by atoms with Gasteiger partial charge in [-0.25, -0.2) is 9.97 Å². The van der Waals surface area contributed by atoms with E-state index in [0.29, 0.717) is 24.0 Å². The highest BCUT2D eigenvalue weighted by atomic mass is 19.4. The normalized spacial score (nSPS) is 17.1. The average molecular weight is 408 g/mol. The standard InChI is InChI=1S/C20H27F3N6/c1-3-5-12-10-16(29-9-8-13(11-29)26-4-2)28-19(27-12)17-14(24)6-7-15(25)18(17)20(21,22)23/h6-7,10,13,26H,3-5,8-9,11,24-25H2,1-2H3. The first-order valence-corrected chi connectivity index (χ1v) is 9.86. The SMILES string of the molecule is CCCc1cc(N2CCC(NCC)C2)nc(-c2c(N)ccc(N)c2C(F)(F)F)n1. The van der Waals surface area contributed by atoms with Gasteiger partial charge in [-0.1, -0.05) is 20.3 Å². The monoisotopic (exact) mass is 408 g/mol. The van der Waals surface area contributed by atoms with Crippen molar-refractivity contribution in [1.29, 1.82) is 0 Å². The molecule has 1 fully saturated rings. The van der Waals surface area contributed by atoms with Gasteiger partial charge in [-0.3, -0.25) is 0 Å². The van der Waals surface area contributed by atoms with Gasteiger partial charge in [0.2, 0.25) is 0 Å². The number of alkyl halides is 3. The van der Waals surface area contributed by atoms with Crippen LogP contribution in [0.25, 0.3) is 11.4 Å². The van der Waals surface area contributed by atoms with Gasteiger partial charge in [-0.15, -0.1) is 0 Å². The molecule has 5 N–H and O–H groups in total. The summed E-state index contributed by atoms with van der Waals surface area (Å²) in [4.78, 5) is 11.0. The van der Waals surface area contributed by atoms with Gasteiger partial charge in [-0.05, 0) is 31.5 Å². The zero-order valence-corrected chi connectivity index (χ0v) is 16.7. The molecule has 1 atom stereocenters. The van der Waals surface area contributed by atoms with Crippen LogP contribution < -0.4 is 21.7 Å². The molecule has 158 valence electrons. The van der Waals surface area contributed by atoms with Gasteiger partial charge in [0.05, 0.1) is 11.1 Å². The minimum absolute atomic E-state index is 0.0324. The second-order valence-corrected chi connectivity index (χ2v) is 7.27. The number of nitrogen functional groups attached to an aromatic ring is 2. The van der Waals surface area contributed by atoms with Gasteiger partial charge in [0.1, 0.15) is 5.82 Å². The number of hydrogen-bond acceptors (Lipinski definition) is 6. The molecule has 0 amide bonds. The van der Waals surface area contributed by atoms with Crippen LogP contribution in [0.15, 0.2) is 18.2 Å². The highest BCUT2D eigenvalue weighted by Gasteiger charge is 2.38. The van der Waals surface area contributed by atoms with Gasteiger partial charge in [0.15, 0.2) is 5.82 Å². The molecule has 29 heavy (non-hydrogen) atoms. The molecule has 0 aliphatic carbocycles. The lowest BCUT2D eigenvalue weighted by atomic mass is 10.0. The number of nitrogens with zero attached hydrogens (tertiary/aromatic N) is 3. The molecular formula is C20H27F3N6. The van der Waals surface area contributed by atoms with E-state index < -0.39 is 11.7 Å². The fraction of sp³-hybridized carbons (Fsp3) is 0.500. The minimum Gasteiger partial charge on any atom is -0.398 e. The Bertz CT molecular complexity index is 868. The molecule has 2 aromatic rings. The first kappa shape index (κ1) is 21.2. The highest BCUT2D eigenvalue weighted by molar-refractivity contribution is 5.81. The van der Waals surface area contributed by atoms with Crippen LogP contribution in [0.3, 0.4) is 0 Å². The van der Waals surface area contributed by atoms with E-state index in [1.165, 1.54) is 12.1 Å². The Morgan fingerprint density at radius 2 is 1.90 bits per heavy atom. The molecule has 6 nitrogen and oxygen atoms in total. The summed E-state index contributed by atoms with van der Waals surface area (Å²) in [6, 6.07) is 4.72. The molecule has 0 saturated carbocycles. The largest absolute Gasteiger partial charge is 0.419 e. The van der Waals surface area contributed by atoms with Gasteiger partial charge >= 0.3 is 6.18 Å². The summed E-state index contributed by atoms with van der Waals surface area (Å²) < 4.78 is 41.3. The zero-order chi connectivity index (χ0) is 21.2. The van der Waals surface area contributed by atoms with E-state index in [9.17, 15) is 13.2 Å². The molecule has 1 aromatic carbocycles. The predicted molar refractivity (Wildman–Crippen MR) is 110 cm³/mol. The Morgan fingerprint density at radius 1 is 1.17 bits per heavy atom. The van der Waals surface area contributed by atoms with E-state index in [-0.39, 0.29) is 22.8 Å². The second kappa shape index (κ2) is 8.44. The van der Waals surface area contributed by atoms with Crippen LogP contribution in [0.2, 0.25) is 0 Å². The second-order valence-electron chi connectivity index (χ2n) is 7.27. The number of aromatic nitrogens is 2. The topological polar surface area (TPSA) is 93.1 Å². The maximum Gasteiger partial charge on any atom is 0.419 e. The zero-order valence-electron chi connectivity index (χ0n) is 16.7. The van der Waals surface area contributed by atoms with Crippen LogP contribution in [-0.4, -0.2) is 35.6 Å². The Balaban J connectivity index is 2.12. The predicted octanol–water partition coefficient (Wildman–Crippen LogP) is 3.47. The van der Waals surface area contributed by atoms with Crippen molar-refractivity contribution in [3.63, 3.8) is 0 Å². The van der Waals surface area contributed by atoms with Gasteiger partial charge < -0.3 is 21.7 Å². The molecule has 3 rings (SSSR count). The van der Waals surface area contributed by atoms with Crippen molar-refractivity contribution in [3.05, 3.63) is 29.5 Å². The minimum atomic E-state index is -4.66. The van der Waals surface area contributed by atoms with Crippen LogP contribution in [-0.2, 0) is 12.6 Å². The third kappa shape index (κ3) is 4.55. The smallest absolute Gasteiger partial charge is 0.398 e. The molecule has 1 saturated heterocycles. The van der Waals surface area contributed by atoms with E-state index in [0.717, 1.165) is 32.5 Å². The summed E-state index contributed by atoms with van der Waals surface area (Å²) in [6.45, 7) is 6.43. The number of halogens is 3. The van der Waals surface area contributed by atoms with Gasteiger partial charge in [0, 0.05) is 42.3 Å². The number of aryl methyl sites for hydroxylation is 1. The van der Waals surface area contributed by atoms with Gasteiger partial charge in [-0.2, -0.15) is 13.2 Å². The Morgan fingerprint density at radius 3 is 2.55 bits per heavy atom. The van der Waals surface area contributed by atoms with Crippen LogP contribution in [0.4, 0.5) is 30.4 Å². The number of hydrogen-bond donors (Lipinski definition) is 3. The quantitative estimate of drug-likeness (QED) is 0.634. The molecule has 1 aliphatic heterocycles. The third-order valence-electron chi connectivity index (χ3n) is 5.05. The van der Waals surface area contributed by atoms with Crippen molar-refractivity contribution in [2.75, 3.05) is 36.0 Å². The molecule has 0 radical (unpaired) electrons. The van der Waals surface area contributed by atoms with Crippen LogP contribution in [0.1, 0.15) is 37.9 Å². The lowest BCUT2D eigenvalue weighted by Crippen LogP contribution is -2.32. The van der Waals surface area contributed by atoms with Crippen molar-refractivity contribution in [2.24, 2.45) is 0 Å². The van der Waals surface area contributed by atoms with Crippen molar-refractivity contribution in [3.8, 4) is 11.4 Å². The highest BCUT2D eigenvalue weighted by Crippen LogP contribution is 2.43. The Labute approximate surface area is 168 Å². The molecule has 0 spiro atoms. The van der Waals surface area contributed by atoms with E-state index in [4.69, 9.17) is 11.5 Å². The lowest BCUT2D eigenvalue weighted by molar-refractivity contribution is -0.136. The van der Waals surface area contributed by atoms with Crippen molar-refractivity contribution in [1.82, 2.24) is 15.3 Å². The fourth-order valence-corrected chi connectivity index (χ4v) is 3.75. The third-order valence-corrected chi connectivity index (χ3v) is 5.05. The van der Waals surface area contributed by atoms with E-state index in [2.05, 4.69) is 20.2 Å². The molecule has 2 heterocycles. The van der Waals surface area contributed by atoms with E-state index in [1.54, 1.807) is 0 Å². The maximum absolute atomic E-state index is 13.8. The van der Waals surface area contributed by atoms with Crippen LogP contribution in [0.5, 0.6) is 0 Å². The number of nitrogens with one attached hydrogen (secondary N) is 1. The summed E-state index contributed by atoms with van der Waals surface area (Å²) in [5, 5.41) is 3.41. The number of anilines is 3. The molecular weight excluding hydrogens is 381 g/mol. The maximum atomic E-state index is 13.8. The molecule has 1 unspecified atom stereocenters. The van der Waals surface area contributed by atoms with Crippen molar-refractivity contribution >= 4 is 17.2 Å². The van der Waals surface area contributed by atoms with Gasteiger partial charge in [0.25, 0.3) is 0 Å². The number of rotatable bonds is 6. The number of nitrogens with two attached hydrogens (primary N) is 2. The van der Waals surface area contributed by atoms with Crippen molar-refractivity contribution < 1.29 is 13.2 Å². The van der Waals surface area contributed by atoms with E-state index in [1.807, 2.05) is 19.9 Å². The Kier molecular flexibility index (Phi) is 6.16. The summed E-state index contributed by atoms with van der Waals surface area (Å²) in [6.07, 6.45) is -2.27. The first-order chi connectivity index (χ1) is 13.7. The first-order valence-electron chi connectivity index (χ1n) is 9.86. The summed E-state index contributed by atoms with van der Waals surface area (Å²) in [7, 11) is 0. The summed E-state index contributed by atoms with van der Waals surface area (Å²) in [5.74, 6) is 0.587. The van der Waals surface area contributed by atoms with Crippen LogP contribution in [0, 0.1) is 0 Å². The number of benzene rings is 1. The Hall–Kier alpha value is -2.55. The van der Waals surface area contributed by atoms with E-state index >= 15 is 0 Å². The summed E-state index contributed by atoms with van der Waals surface area (Å²) in [5.41, 5.74) is 10.6. The fourth-order valence-electron chi connectivity index (χ4n) is 3.75. The molecule has 9 heteroatoms. The average Bonchev–Trinajstić information content (AvgIpc) is 3.11. The van der Waals surface area contributed by atoms with Crippen molar-refractivity contribution in [2.45, 2.75) is 45.3 Å². The molecule has 0 bridgehead atoms. The lowest BCUT2D eigenvalue weighted by Gasteiger charge is -2.21.